The number of aromatic nitrogens is 4. The van der Waals surface area contributed by atoms with Crippen molar-refractivity contribution in [3.8, 4) is 0 Å². The molecule has 1 aliphatic rings. The van der Waals surface area contributed by atoms with Crippen LogP contribution in [0.3, 0.4) is 0 Å². The van der Waals surface area contributed by atoms with Crippen molar-refractivity contribution in [2.75, 3.05) is 19.7 Å². The molecule has 0 bridgehead atoms. The van der Waals surface area contributed by atoms with E-state index in [4.69, 9.17) is 4.74 Å². The zero-order valence-electron chi connectivity index (χ0n) is 15.5. The molecule has 0 saturated carbocycles. The van der Waals surface area contributed by atoms with Crippen molar-refractivity contribution < 1.29 is 9.53 Å². The zero-order chi connectivity index (χ0) is 18.0. The molecule has 3 rings (SSSR count). The molecule has 1 amide bonds. The molecule has 2 aromatic heterocycles. The Kier molecular flexibility index (Phi) is 5.22. The van der Waals surface area contributed by atoms with E-state index in [0.29, 0.717) is 25.5 Å². The summed E-state index contributed by atoms with van der Waals surface area (Å²) < 4.78 is 7.97. The number of ether oxygens (including phenoxy) is 1. The Morgan fingerprint density at radius 2 is 2.20 bits per heavy atom. The largest absolute Gasteiger partial charge is 0.366 e. The Labute approximate surface area is 148 Å². The van der Waals surface area contributed by atoms with E-state index in [1.807, 2.05) is 24.8 Å². The van der Waals surface area contributed by atoms with Gasteiger partial charge in [-0.1, -0.05) is 6.92 Å². The second-order valence-electron chi connectivity index (χ2n) is 6.53. The highest BCUT2D eigenvalue weighted by Gasteiger charge is 2.30. The molecule has 0 spiro atoms. The average Bonchev–Trinajstić information content (AvgIpc) is 3.19. The number of aromatic amines is 1. The number of nitrogens with zero attached hydrogens (tertiary/aromatic N) is 4. The first kappa shape index (κ1) is 17.7. The molecule has 3 heterocycles. The third kappa shape index (κ3) is 3.46. The molecule has 1 saturated heterocycles. The first-order valence-electron chi connectivity index (χ1n) is 9.03. The molecule has 1 atom stereocenters. The van der Waals surface area contributed by atoms with E-state index in [0.717, 1.165) is 42.2 Å². The predicted molar refractivity (Wildman–Crippen MR) is 94.6 cm³/mol. The summed E-state index contributed by atoms with van der Waals surface area (Å²) in [6.45, 7) is 10.7. The fraction of sp³-hybridized carbons (Fsp3) is 0.611. The lowest BCUT2D eigenvalue weighted by atomic mass is 10.2. The number of nitrogens with one attached hydrogen (secondary N) is 1. The lowest BCUT2D eigenvalue weighted by Crippen LogP contribution is -2.42. The third-order valence-corrected chi connectivity index (χ3v) is 4.80. The van der Waals surface area contributed by atoms with Crippen molar-refractivity contribution >= 4 is 5.91 Å². The first-order chi connectivity index (χ1) is 12.0. The molecule has 7 heteroatoms. The molecule has 7 nitrogen and oxygen atoms in total. The number of carbonyl (C=O) groups is 1. The van der Waals surface area contributed by atoms with Gasteiger partial charge in [0.2, 0.25) is 0 Å². The number of rotatable bonds is 5. The molecule has 25 heavy (non-hydrogen) atoms. The van der Waals surface area contributed by atoms with Crippen molar-refractivity contribution in [1.29, 1.82) is 0 Å². The third-order valence-electron chi connectivity index (χ3n) is 4.80. The Hall–Kier alpha value is -2.15. The lowest BCUT2D eigenvalue weighted by molar-refractivity contribution is -0.0267. The van der Waals surface area contributed by atoms with Gasteiger partial charge in [-0.05, 0) is 33.3 Å². The van der Waals surface area contributed by atoms with Crippen LogP contribution >= 0.6 is 0 Å². The van der Waals surface area contributed by atoms with E-state index < -0.39 is 0 Å². The summed E-state index contributed by atoms with van der Waals surface area (Å²) in [6, 6.07) is 1.98. The highest BCUT2D eigenvalue weighted by atomic mass is 16.5. The zero-order valence-corrected chi connectivity index (χ0v) is 15.5. The van der Waals surface area contributed by atoms with Crippen LogP contribution < -0.4 is 0 Å². The highest BCUT2D eigenvalue weighted by Crippen LogP contribution is 2.23. The normalized spacial score (nSPS) is 17.9. The van der Waals surface area contributed by atoms with E-state index >= 15 is 0 Å². The van der Waals surface area contributed by atoms with Gasteiger partial charge in [0.25, 0.3) is 5.91 Å². The molecular weight excluding hydrogens is 318 g/mol. The number of H-pyrrole nitrogens is 1. The lowest BCUT2D eigenvalue weighted by Gasteiger charge is -2.31. The van der Waals surface area contributed by atoms with Gasteiger partial charge in [0, 0.05) is 30.9 Å². The molecule has 1 N–H and O–H groups in total. The summed E-state index contributed by atoms with van der Waals surface area (Å²) >= 11 is 0. The van der Waals surface area contributed by atoms with Gasteiger partial charge in [-0.25, -0.2) is 4.98 Å². The monoisotopic (exact) mass is 345 g/mol. The highest BCUT2D eigenvalue weighted by molar-refractivity contribution is 5.95. The van der Waals surface area contributed by atoms with E-state index in [9.17, 15) is 4.79 Å². The first-order valence-corrected chi connectivity index (χ1v) is 9.03. The Morgan fingerprint density at radius 1 is 1.40 bits per heavy atom. The van der Waals surface area contributed by atoms with E-state index in [2.05, 4.69) is 33.6 Å². The van der Waals surface area contributed by atoms with Crippen LogP contribution in [0.25, 0.3) is 0 Å². The van der Waals surface area contributed by atoms with Gasteiger partial charge in [-0.15, -0.1) is 0 Å². The summed E-state index contributed by atoms with van der Waals surface area (Å²) in [5, 5.41) is 7.23. The molecule has 136 valence electrons. The van der Waals surface area contributed by atoms with Crippen molar-refractivity contribution in [3.05, 3.63) is 34.7 Å². The number of hydrogen-bond donors (Lipinski definition) is 1. The van der Waals surface area contributed by atoms with Crippen LogP contribution in [0.15, 0.2) is 6.07 Å². The summed E-state index contributed by atoms with van der Waals surface area (Å²) in [5.41, 5.74) is 2.92. The average molecular weight is 345 g/mol. The van der Waals surface area contributed by atoms with Gasteiger partial charge < -0.3 is 14.2 Å². The van der Waals surface area contributed by atoms with E-state index in [-0.39, 0.29) is 12.0 Å². The van der Waals surface area contributed by atoms with Gasteiger partial charge in [0.1, 0.15) is 11.9 Å². The molecule has 0 aromatic carbocycles. The Bertz CT molecular complexity index is 749. The van der Waals surface area contributed by atoms with Gasteiger partial charge in [0.05, 0.1) is 18.7 Å². The van der Waals surface area contributed by atoms with Crippen LogP contribution in [0, 0.1) is 13.8 Å². The summed E-state index contributed by atoms with van der Waals surface area (Å²) in [5.74, 6) is 1.57. The molecule has 1 aliphatic heterocycles. The van der Waals surface area contributed by atoms with Gasteiger partial charge in [0.15, 0.2) is 5.82 Å². The number of morpholine rings is 1. The maximum atomic E-state index is 13.0. The molecular formula is C18H27N5O2. The number of aryl methyl sites for hydroxylation is 2. The van der Waals surface area contributed by atoms with Gasteiger partial charge in [-0.2, -0.15) is 5.10 Å². The minimum atomic E-state index is -0.269. The van der Waals surface area contributed by atoms with Crippen LogP contribution in [-0.4, -0.2) is 50.3 Å². The molecule has 1 fully saturated rings. The van der Waals surface area contributed by atoms with Crippen LogP contribution in [-0.2, 0) is 17.7 Å². The maximum Gasteiger partial charge on any atom is 0.255 e. The number of hydrogen-bond acceptors (Lipinski definition) is 4. The van der Waals surface area contributed by atoms with Crippen molar-refractivity contribution in [1.82, 2.24) is 24.6 Å². The minimum Gasteiger partial charge on any atom is -0.366 e. The SMILES string of the molecule is CCCc1nc([C@H]2CN(C(=O)c3cc(C)n(CC)c3C)CCO2)n[nH]1. The molecule has 0 radical (unpaired) electrons. The van der Waals surface area contributed by atoms with Crippen LogP contribution in [0.4, 0.5) is 0 Å². The number of amides is 1. The molecule has 0 aliphatic carbocycles. The fourth-order valence-electron chi connectivity index (χ4n) is 3.47. The smallest absolute Gasteiger partial charge is 0.255 e. The van der Waals surface area contributed by atoms with Gasteiger partial charge >= 0.3 is 0 Å². The molecule has 2 aromatic rings. The minimum absolute atomic E-state index is 0.0606. The summed E-state index contributed by atoms with van der Waals surface area (Å²) in [7, 11) is 0. The van der Waals surface area contributed by atoms with Crippen molar-refractivity contribution in [2.45, 2.75) is 53.2 Å². The van der Waals surface area contributed by atoms with Crippen LogP contribution in [0.5, 0.6) is 0 Å². The second kappa shape index (κ2) is 7.39. The quantitative estimate of drug-likeness (QED) is 0.903. The predicted octanol–water partition coefficient (Wildman–Crippen LogP) is 2.41. The Morgan fingerprint density at radius 3 is 2.88 bits per heavy atom. The van der Waals surface area contributed by atoms with E-state index in [1.165, 1.54) is 0 Å². The standard InChI is InChI=1S/C18H27N5O2/c1-5-7-16-19-17(21-20-16)15-11-22(8-9-25-15)18(24)14-10-12(3)23(6-2)13(14)4/h10,15H,5-9,11H2,1-4H3,(H,19,20,21)/t15-/m1/s1. The summed E-state index contributed by atoms with van der Waals surface area (Å²) in [6.07, 6.45) is 1.61. The fourth-order valence-corrected chi connectivity index (χ4v) is 3.47. The van der Waals surface area contributed by atoms with Gasteiger partial charge in [-0.3, -0.25) is 9.89 Å². The topological polar surface area (TPSA) is 76.0 Å². The van der Waals surface area contributed by atoms with Crippen LogP contribution in [0.1, 0.15) is 59.8 Å². The van der Waals surface area contributed by atoms with Crippen molar-refractivity contribution in [3.63, 3.8) is 0 Å². The van der Waals surface area contributed by atoms with Crippen molar-refractivity contribution in [2.24, 2.45) is 0 Å². The molecule has 0 unspecified atom stereocenters. The number of carbonyl (C=O) groups excluding carboxylic acids is 1. The van der Waals surface area contributed by atoms with E-state index in [1.54, 1.807) is 0 Å². The van der Waals surface area contributed by atoms with Crippen LogP contribution in [0.2, 0.25) is 0 Å². The second-order valence-corrected chi connectivity index (χ2v) is 6.53. The Balaban J connectivity index is 1.75. The maximum absolute atomic E-state index is 13.0. The summed E-state index contributed by atoms with van der Waals surface area (Å²) in [4.78, 5) is 19.4.